The second kappa shape index (κ2) is 8.28. The first kappa shape index (κ1) is 19.0. The molecule has 27 heavy (non-hydrogen) atoms. The molecule has 0 radical (unpaired) electrons. The van der Waals surface area contributed by atoms with Crippen LogP contribution in [0, 0.1) is 15.9 Å². The van der Waals surface area contributed by atoms with Gasteiger partial charge >= 0.3 is 0 Å². The summed E-state index contributed by atoms with van der Waals surface area (Å²) in [4.78, 5) is 28.4. The molecule has 2 aromatic carbocycles. The first-order valence-electron chi connectivity index (χ1n) is 7.80. The Labute approximate surface area is 162 Å². The molecule has 0 unspecified atom stereocenters. The molecule has 1 N–H and O–H groups in total. The number of carbonyl (C=O) groups is 1. The van der Waals surface area contributed by atoms with Gasteiger partial charge in [-0.05, 0) is 30.0 Å². The fourth-order valence-electron chi connectivity index (χ4n) is 2.42. The molecule has 9 heteroatoms. The Kier molecular flexibility index (Phi) is 5.82. The van der Waals surface area contributed by atoms with E-state index in [0.29, 0.717) is 22.0 Å². The zero-order chi connectivity index (χ0) is 19.4. The molecule has 1 amide bonds. The minimum absolute atomic E-state index is 0.116. The van der Waals surface area contributed by atoms with Crippen LogP contribution in [0.2, 0.25) is 0 Å². The zero-order valence-corrected chi connectivity index (χ0v) is 15.8. The van der Waals surface area contributed by atoms with E-state index >= 15 is 0 Å². The average molecular weight is 403 g/mol. The molecule has 138 valence electrons. The highest BCUT2D eigenvalue weighted by molar-refractivity contribution is 7.98. The minimum atomic E-state index is -0.515. The van der Waals surface area contributed by atoms with Gasteiger partial charge in [-0.3, -0.25) is 20.2 Å². The molecule has 3 rings (SSSR count). The van der Waals surface area contributed by atoms with Gasteiger partial charge in [0.1, 0.15) is 5.82 Å². The number of halogens is 1. The van der Waals surface area contributed by atoms with Crippen LogP contribution in [0.25, 0.3) is 0 Å². The summed E-state index contributed by atoms with van der Waals surface area (Å²) in [6.07, 6.45) is 3.68. The van der Waals surface area contributed by atoms with E-state index in [1.54, 1.807) is 36.7 Å². The van der Waals surface area contributed by atoms with E-state index in [1.807, 2.05) is 0 Å². The molecule has 0 bridgehead atoms. The summed E-state index contributed by atoms with van der Waals surface area (Å²) in [5.41, 5.74) is 0.599. The maximum Gasteiger partial charge on any atom is 0.283 e. The molecule has 1 heterocycles. The van der Waals surface area contributed by atoms with Gasteiger partial charge in [-0.15, -0.1) is 23.1 Å². The number of amides is 1. The van der Waals surface area contributed by atoms with Gasteiger partial charge in [0.2, 0.25) is 0 Å². The van der Waals surface area contributed by atoms with E-state index in [4.69, 9.17) is 0 Å². The molecule has 0 saturated carbocycles. The number of aromatic nitrogens is 1. The number of thioether (sulfide) groups is 1. The van der Waals surface area contributed by atoms with Crippen molar-refractivity contribution in [3.63, 3.8) is 0 Å². The van der Waals surface area contributed by atoms with E-state index < -0.39 is 10.8 Å². The highest BCUT2D eigenvalue weighted by Crippen LogP contribution is 2.29. The van der Waals surface area contributed by atoms with Crippen LogP contribution >= 0.6 is 23.1 Å². The first-order valence-corrected chi connectivity index (χ1v) is 9.84. The van der Waals surface area contributed by atoms with Crippen LogP contribution in [0.15, 0.2) is 53.6 Å². The summed E-state index contributed by atoms with van der Waals surface area (Å²) in [5, 5.41) is 14.1. The highest BCUT2D eigenvalue weighted by Gasteiger charge is 2.18. The van der Waals surface area contributed by atoms with Gasteiger partial charge in [-0.25, -0.2) is 9.37 Å². The standard InChI is InChI=1S/C18H14FN3O3S2/c1-26-16-7-6-12(9-15(16)22(24)25)17(23)21-18-20-10-13(27-18)8-11-4-2-3-5-14(11)19/h2-7,9-10H,8H2,1H3,(H,20,21,23). The van der Waals surface area contributed by atoms with Crippen LogP contribution in [0.4, 0.5) is 15.2 Å². The summed E-state index contributed by atoms with van der Waals surface area (Å²) >= 11 is 2.47. The maximum atomic E-state index is 13.7. The van der Waals surface area contributed by atoms with Crippen LogP contribution in [0.5, 0.6) is 0 Å². The van der Waals surface area contributed by atoms with Crippen LogP contribution in [-0.4, -0.2) is 22.1 Å². The lowest BCUT2D eigenvalue weighted by molar-refractivity contribution is -0.387. The zero-order valence-electron chi connectivity index (χ0n) is 14.1. The predicted octanol–water partition coefficient (Wildman–Crippen LogP) is 4.76. The van der Waals surface area contributed by atoms with E-state index in [-0.39, 0.29) is 17.1 Å². The summed E-state index contributed by atoms with van der Waals surface area (Å²) in [7, 11) is 0. The van der Waals surface area contributed by atoms with Gasteiger partial charge < -0.3 is 0 Å². The third-order valence-corrected chi connectivity index (χ3v) is 5.43. The number of anilines is 1. The summed E-state index contributed by atoms with van der Waals surface area (Å²) in [6, 6.07) is 10.8. The predicted molar refractivity (Wildman–Crippen MR) is 104 cm³/mol. The quantitative estimate of drug-likeness (QED) is 0.364. The van der Waals surface area contributed by atoms with E-state index in [9.17, 15) is 19.3 Å². The lowest BCUT2D eigenvalue weighted by Gasteiger charge is -2.04. The van der Waals surface area contributed by atoms with Crippen LogP contribution < -0.4 is 5.32 Å². The van der Waals surface area contributed by atoms with Crippen molar-refractivity contribution in [2.45, 2.75) is 11.3 Å². The molecule has 0 spiro atoms. The Morgan fingerprint density at radius 1 is 1.33 bits per heavy atom. The molecular formula is C18H14FN3O3S2. The van der Waals surface area contributed by atoms with Crippen LogP contribution in [0.1, 0.15) is 20.8 Å². The number of rotatable bonds is 6. The minimum Gasteiger partial charge on any atom is -0.298 e. The first-order chi connectivity index (χ1) is 13.0. The Hall–Kier alpha value is -2.78. The maximum absolute atomic E-state index is 13.7. The van der Waals surface area contributed by atoms with Crippen LogP contribution in [-0.2, 0) is 6.42 Å². The number of hydrogen-bond donors (Lipinski definition) is 1. The molecule has 3 aromatic rings. The van der Waals surface area contributed by atoms with Crippen molar-refractivity contribution in [2.24, 2.45) is 0 Å². The van der Waals surface area contributed by atoms with Crippen molar-refractivity contribution in [2.75, 3.05) is 11.6 Å². The van der Waals surface area contributed by atoms with Gasteiger partial charge in [-0.2, -0.15) is 0 Å². The fraction of sp³-hybridized carbons (Fsp3) is 0.111. The van der Waals surface area contributed by atoms with Crippen molar-refractivity contribution in [1.82, 2.24) is 4.98 Å². The number of nitrogens with zero attached hydrogens (tertiary/aromatic N) is 2. The van der Waals surface area contributed by atoms with Crippen molar-refractivity contribution in [3.8, 4) is 0 Å². The van der Waals surface area contributed by atoms with Crippen molar-refractivity contribution >= 4 is 39.8 Å². The number of thiazole rings is 1. The number of nitro benzene ring substituents is 1. The van der Waals surface area contributed by atoms with E-state index in [1.165, 1.54) is 41.3 Å². The van der Waals surface area contributed by atoms with Crippen LogP contribution in [0.3, 0.4) is 0 Å². The molecule has 0 aliphatic carbocycles. The van der Waals surface area contributed by atoms with Gasteiger partial charge in [-0.1, -0.05) is 18.2 Å². The van der Waals surface area contributed by atoms with Crippen molar-refractivity contribution in [1.29, 1.82) is 0 Å². The Morgan fingerprint density at radius 3 is 2.81 bits per heavy atom. The molecule has 0 atom stereocenters. The third kappa shape index (κ3) is 4.50. The normalized spacial score (nSPS) is 10.6. The second-order valence-corrected chi connectivity index (χ2v) is 7.46. The second-order valence-electron chi connectivity index (χ2n) is 5.50. The Morgan fingerprint density at radius 2 is 2.11 bits per heavy atom. The molecule has 1 aromatic heterocycles. The summed E-state index contributed by atoms with van der Waals surface area (Å²) in [6.45, 7) is 0. The lowest BCUT2D eigenvalue weighted by Crippen LogP contribution is -2.12. The lowest BCUT2D eigenvalue weighted by atomic mass is 10.1. The SMILES string of the molecule is CSc1ccc(C(=O)Nc2ncc(Cc3ccccc3F)s2)cc1[N+](=O)[O-]. The highest BCUT2D eigenvalue weighted by atomic mass is 32.2. The Bertz CT molecular complexity index is 1010. The fourth-order valence-corrected chi connectivity index (χ4v) is 3.80. The topological polar surface area (TPSA) is 85.1 Å². The molecule has 0 aliphatic heterocycles. The monoisotopic (exact) mass is 403 g/mol. The number of nitrogens with one attached hydrogen (secondary N) is 1. The number of hydrogen-bond acceptors (Lipinski definition) is 6. The molecule has 0 fully saturated rings. The number of nitro groups is 1. The van der Waals surface area contributed by atoms with E-state index in [0.717, 1.165) is 4.88 Å². The average Bonchev–Trinajstić information content (AvgIpc) is 3.09. The van der Waals surface area contributed by atoms with Gasteiger partial charge in [0.05, 0.1) is 9.82 Å². The smallest absolute Gasteiger partial charge is 0.283 e. The largest absolute Gasteiger partial charge is 0.298 e. The number of carbonyl (C=O) groups excluding carboxylic acids is 1. The van der Waals surface area contributed by atoms with E-state index in [2.05, 4.69) is 10.3 Å². The number of benzene rings is 2. The molecule has 0 aliphatic rings. The molecule has 0 saturated heterocycles. The summed E-state index contributed by atoms with van der Waals surface area (Å²) in [5.74, 6) is -0.782. The van der Waals surface area contributed by atoms with Gasteiger partial charge in [0.15, 0.2) is 5.13 Å². The Balaban J connectivity index is 1.74. The third-order valence-electron chi connectivity index (χ3n) is 3.73. The molecular weight excluding hydrogens is 389 g/mol. The molecule has 6 nitrogen and oxygen atoms in total. The summed E-state index contributed by atoms with van der Waals surface area (Å²) < 4.78 is 13.7. The van der Waals surface area contributed by atoms with Crippen molar-refractivity contribution in [3.05, 3.63) is 80.6 Å². The van der Waals surface area contributed by atoms with Crippen molar-refractivity contribution < 1.29 is 14.1 Å². The van der Waals surface area contributed by atoms with Gasteiger partial charge in [0.25, 0.3) is 11.6 Å². The van der Waals surface area contributed by atoms with Gasteiger partial charge in [0, 0.05) is 29.1 Å².